The second kappa shape index (κ2) is 6.06. The van der Waals surface area contributed by atoms with Crippen LogP contribution in [-0.4, -0.2) is 5.78 Å². The zero-order valence-corrected chi connectivity index (χ0v) is 9.83. The van der Waals surface area contributed by atoms with Gasteiger partial charge in [0.25, 0.3) is 0 Å². The van der Waals surface area contributed by atoms with Crippen LogP contribution in [0.15, 0.2) is 31.4 Å². The summed E-state index contributed by atoms with van der Waals surface area (Å²) in [4.78, 5) is 11.2. The zero-order chi connectivity index (χ0) is 12.0. The maximum absolute atomic E-state index is 11.2. The first-order valence-corrected chi connectivity index (χ1v) is 5.60. The van der Waals surface area contributed by atoms with E-state index in [1.54, 1.807) is 0 Å². The summed E-state index contributed by atoms with van der Waals surface area (Å²) < 4.78 is 0. The van der Waals surface area contributed by atoms with Crippen LogP contribution in [0.5, 0.6) is 0 Å². The van der Waals surface area contributed by atoms with E-state index in [1.165, 1.54) is 5.56 Å². The highest BCUT2D eigenvalue weighted by Gasteiger charge is 2.02. The number of rotatable bonds is 6. The van der Waals surface area contributed by atoms with Gasteiger partial charge in [-0.2, -0.15) is 0 Å². The third-order valence-electron chi connectivity index (χ3n) is 2.68. The minimum absolute atomic E-state index is 0.313. The van der Waals surface area contributed by atoms with Gasteiger partial charge in [0.1, 0.15) is 5.78 Å². The predicted molar refractivity (Wildman–Crippen MR) is 70.2 cm³/mol. The summed E-state index contributed by atoms with van der Waals surface area (Å²) >= 11 is 0. The van der Waals surface area contributed by atoms with E-state index in [9.17, 15) is 4.79 Å². The van der Waals surface area contributed by atoms with Crippen molar-refractivity contribution in [1.82, 2.24) is 0 Å². The molecule has 1 aromatic carbocycles. The number of carbonyl (C=O) groups is 1. The summed E-state index contributed by atoms with van der Waals surface area (Å²) in [5.74, 6) is 0.313. The first-order chi connectivity index (χ1) is 7.71. The van der Waals surface area contributed by atoms with Crippen LogP contribution in [0.25, 0.3) is 12.2 Å². The van der Waals surface area contributed by atoms with Crippen molar-refractivity contribution in [1.29, 1.82) is 0 Å². The Labute approximate surface area is 97.5 Å². The van der Waals surface area contributed by atoms with E-state index in [2.05, 4.69) is 19.2 Å². The normalized spacial score (nSPS) is 9.81. The van der Waals surface area contributed by atoms with Crippen molar-refractivity contribution in [3.63, 3.8) is 0 Å². The SMILES string of the molecule is C=Cc1ccc(CCC(=O)CC)cc1C=C. The number of Topliss-reactive ketones (excluding diaryl/α,β-unsaturated/α-hetero) is 1. The number of aryl methyl sites for hydroxylation is 1. The first kappa shape index (κ1) is 12.4. The molecule has 0 heterocycles. The number of hydrogen-bond donors (Lipinski definition) is 0. The fraction of sp³-hybridized carbons (Fsp3) is 0.267. The molecule has 1 rings (SSSR count). The van der Waals surface area contributed by atoms with E-state index >= 15 is 0 Å². The summed E-state index contributed by atoms with van der Waals surface area (Å²) in [5.41, 5.74) is 3.35. The Hall–Kier alpha value is -1.63. The Morgan fingerprint density at radius 1 is 1.25 bits per heavy atom. The third-order valence-corrected chi connectivity index (χ3v) is 2.68. The van der Waals surface area contributed by atoms with Gasteiger partial charge in [0.15, 0.2) is 0 Å². The maximum Gasteiger partial charge on any atom is 0.132 e. The van der Waals surface area contributed by atoms with Gasteiger partial charge in [-0.15, -0.1) is 0 Å². The van der Waals surface area contributed by atoms with Crippen LogP contribution in [0, 0.1) is 0 Å². The van der Waals surface area contributed by atoms with E-state index in [0.29, 0.717) is 18.6 Å². The van der Waals surface area contributed by atoms with Crippen molar-refractivity contribution in [2.75, 3.05) is 0 Å². The molecular formula is C15H18O. The van der Waals surface area contributed by atoms with Gasteiger partial charge in [0.2, 0.25) is 0 Å². The second-order valence-electron chi connectivity index (χ2n) is 3.76. The lowest BCUT2D eigenvalue weighted by atomic mass is 10.00. The van der Waals surface area contributed by atoms with Crippen LogP contribution in [0.4, 0.5) is 0 Å². The fourth-order valence-electron chi connectivity index (χ4n) is 1.60. The molecule has 0 aliphatic heterocycles. The molecule has 0 N–H and O–H groups in total. The highest BCUT2D eigenvalue weighted by Crippen LogP contribution is 2.16. The molecule has 16 heavy (non-hydrogen) atoms. The number of ketones is 1. The second-order valence-corrected chi connectivity index (χ2v) is 3.76. The molecule has 0 aliphatic carbocycles. The van der Waals surface area contributed by atoms with Gasteiger partial charge >= 0.3 is 0 Å². The lowest BCUT2D eigenvalue weighted by Crippen LogP contribution is -1.98. The fourth-order valence-corrected chi connectivity index (χ4v) is 1.60. The van der Waals surface area contributed by atoms with Crippen LogP contribution < -0.4 is 0 Å². The van der Waals surface area contributed by atoms with Crippen molar-refractivity contribution in [3.05, 3.63) is 48.0 Å². The van der Waals surface area contributed by atoms with Crippen molar-refractivity contribution in [2.45, 2.75) is 26.2 Å². The Balaban J connectivity index is 2.79. The topological polar surface area (TPSA) is 17.1 Å². The zero-order valence-electron chi connectivity index (χ0n) is 9.83. The monoisotopic (exact) mass is 214 g/mol. The highest BCUT2D eigenvalue weighted by molar-refractivity contribution is 5.78. The predicted octanol–water partition coefficient (Wildman–Crippen LogP) is 3.88. The molecule has 0 aliphatic rings. The molecule has 0 saturated carbocycles. The summed E-state index contributed by atoms with van der Waals surface area (Å²) in [6.45, 7) is 9.43. The van der Waals surface area contributed by atoms with E-state index in [4.69, 9.17) is 0 Å². The molecule has 0 atom stereocenters. The standard InChI is InChI=1S/C15H18O/c1-4-13-9-7-12(11-14(13)5-2)8-10-15(16)6-3/h4-5,7,9,11H,1-2,6,8,10H2,3H3. The quantitative estimate of drug-likeness (QED) is 0.702. The third kappa shape index (κ3) is 3.20. The molecule has 0 radical (unpaired) electrons. The first-order valence-electron chi connectivity index (χ1n) is 5.60. The Kier molecular flexibility index (Phi) is 4.71. The number of hydrogen-bond acceptors (Lipinski definition) is 1. The molecule has 1 aromatic rings. The molecule has 84 valence electrons. The summed E-state index contributed by atoms with van der Waals surface area (Å²) in [5, 5.41) is 0. The van der Waals surface area contributed by atoms with E-state index in [0.717, 1.165) is 17.5 Å². The Morgan fingerprint density at radius 3 is 2.50 bits per heavy atom. The van der Waals surface area contributed by atoms with Gasteiger partial charge in [-0.3, -0.25) is 4.79 Å². The van der Waals surface area contributed by atoms with Crippen LogP contribution >= 0.6 is 0 Å². The van der Waals surface area contributed by atoms with Gasteiger partial charge < -0.3 is 0 Å². The molecule has 1 nitrogen and oxygen atoms in total. The molecule has 1 heteroatoms. The molecule has 0 fully saturated rings. The molecule has 0 bridgehead atoms. The van der Waals surface area contributed by atoms with Gasteiger partial charge in [0.05, 0.1) is 0 Å². The average Bonchev–Trinajstić information content (AvgIpc) is 2.35. The summed E-state index contributed by atoms with van der Waals surface area (Å²) in [6, 6.07) is 6.15. The molecule has 0 spiro atoms. The lowest BCUT2D eigenvalue weighted by molar-refractivity contribution is -0.118. The highest BCUT2D eigenvalue weighted by atomic mass is 16.1. The van der Waals surface area contributed by atoms with Gasteiger partial charge in [-0.25, -0.2) is 0 Å². The molecule has 0 aromatic heterocycles. The molecular weight excluding hydrogens is 196 g/mol. The van der Waals surface area contributed by atoms with Crippen LogP contribution in [0.3, 0.4) is 0 Å². The molecule has 0 saturated heterocycles. The van der Waals surface area contributed by atoms with E-state index in [-0.39, 0.29) is 0 Å². The van der Waals surface area contributed by atoms with E-state index < -0.39 is 0 Å². The maximum atomic E-state index is 11.2. The largest absolute Gasteiger partial charge is 0.300 e. The van der Waals surface area contributed by atoms with Crippen molar-refractivity contribution >= 4 is 17.9 Å². The average molecular weight is 214 g/mol. The minimum atomic E-state index is 0.313. The van der Waals surface area contributed by atoms with E-state index in [1.807, 2.05) is 31.2 Å². The molecule has 0 unspecified atom stereocenters. The van der Waals surface area contributed by atoms with Crippen LogP contribution in [0.2, 0.25) is 0 Å². The Bertz CT molecular complexity index is 402. The van der Waals surface area contributed by atoms with Gasteiger partial charge in [-0.05, 0) is 23.1 Å². The Morgan fingerprint density at radius 2 is 1.94 bits per heavy atom. The smallest absolute Gasteiger partial charge is 0.132 e. The lowest BCUT2D eigenvalue weighted by Gasteiger charge is -2.05. The summed E-state index contributed by atoms with van der Waals surface area (Å²) in [7, 11) is 0. The summed E-state index contributed by atoms with van der Waals surface area (Å²) in [6.07, 6.45) is 5.70. The van der Waals surface area contributed by atoms with Crippen molar-refractivity contribution in [3.8, 4) is 0 Å². The number of carbonyl (C=O) groups excluding carboxylic acids is 1. The molecule has 0 amide bonds. The van der Waals surface area contributed by atoms with Crippen LogP contribution in [0.1, 0.15) is 36.5 Å². The van der Waals surface area contributed by atoms with Crippen molar-refractivity contribution in [2.24, 2.45) is 0 Å². The van der Waals surface area contributed by atoms with Crippen molar-refractivity contribution < 1.29 is 4.79 Å². The minimum Gasteiger partial charge on any atom is -0.300 e. The van der Waals surface area contributed by atoms with Gasteiger partial charge in [0, 0.05) is 12.8 Å². The number of benzene rings is 1. The van der Waals surface area contributed by atoms with Crippen LogP contribution in [-0.2, 0) is 11.2 Å². The van der Waals surface area contributed by atoms with Gasteiger partial charge in [-0.1, -0.05) is 50.4 Å².